The van der Waals surface area contributed by atoms with Crippen molar-refractivity contribution >= 4 is 49.6 Å². The van der Waals surface area contributed by atoms with Gasteiger partial charge in [0.1, 0.15) is 11.3 Å². The Morgan fingerprint density at radius 1 is 1.10 bits per heavy atom. The minimum Gasteiger partial charge on any atom is -0.494 e. The molecule has 0 spiro atoms. The fourth-order valence-electron chi connectivity index (χ4n) is 3.07. The molecule has 0 aliphatic carbocycles. The van der Waals surface area contributed by atoms with Crippen LogP contribution in [0.1, 0.15) is 30.6 Å². The summed E-state index contributed by atoms with van der Waals surface area (Å²) in [4.78, 5) is 38.3. The van der Waals surface area contributed by atoms with E-state index in [0.29, 0.717) is 29.2 Å². The summed E-state index contributed by atoms with van der Waals surface area (Å²) in [5.41, 5.74) is 2.03. The maximum absolute atomic E-state index is 12.7. The molecule has 0 saturated heterocycles. The lowest BCUT2D eigenvalue weighted by molar-refractivity contribution is -0.124. The van der Waals surface area contributed by atoms with Crippen LogP contribution in [-0.2, 0) is 9.53 Å². The number of thiazole rings is 1. The van der Waals surface area contributed by atoms with Gasteiger partial charge >= 0.3 is 5.97 Å². The molecule has 31 heavy (non-hydrogen) atoms. The molecule has 0 aliphatic rings. The van der Waals surface area contributed by atoms with Crippen molar-refractivity contribution in [2.75, 3.05) is 11.9 Å². The van der Waals surface area contributed by atoms with E-state index in [2.05, 4.69) is 20.3 Å². The lowest BCUT2D eigenvalue weighted by Crippen LogP contribution is -2.32. The van der Waals surface area contributed by atoms with Gasteiger partial charge in [-0.1, -0.05) is 24.3 Å². The molecule has 1 unspecified atom stereocenters. The van der Waals surface area contributed by atoms with Gasteiger partial charge in [-0.05, 0) is 43.7 Å². The number of rotatable bonds is 7. The van der Waals surface area contributed by atoms with Crippen molar-refractivity contribution in [3.63, 3.8) is 0 Å². The molecule has 1 atom stereocenters. The zero-order valence-electron chi connectivity index (χ0n) is 17.0. The van der Waals surface area contributed by atoms with Gasteiger partial charge in [-0.2, -0.15) is 0 Å². The quantitative estimate of drug-likeness (QED) is 0.433. The first-order valence-electron chi connectivity index (χ1n) is 9.84. The number of carbonyl (C=O) groups excluding carboxylic acids is 2. The van der Waals surface area contributed by atoms with Crippen LogP contribution in [0.25, 0.3) is 21.3 Å². The number of hydrogen-bond acceptors (Lipinski definition) is 8. The number of nitrogens with one attached hydrogen (secondary N) is 1. The van der Waals surface area contributed by atoms with E-state index in [4.69, 9.17) is 9.47 Å². The molecular formula is C22H20N4O4S. The van der Waals surface area contributed by atoms with Crippen LogP contribution in [0.5, 0.6) is 5.75 Å². The molecular weight excluding hydrogens is 416 g/mol. The maximum Gasteiger partial charge on any atom is 0.341 e. The van der Waals surface area contributed by atoms with Gasteiger partial charge in [0.15, 0.2) is 11.2 Å². The number of anilines is 1. The number of fused-ring (bicyclic) bond motifs is 2. The molecule has 158 valence electrons. The smallest absolute Gasteiger partial charge is 0.341 e. The zero-order chi connectivity index (χ0) is 21.8. The molecule has 0 fully saturated rings. The maximum atomic E-state index is 12.7. The van der Waals surface area contributed by atoms with Gasteiger partial charge in [0.2, 0.25) is 0 Å². The van der Waals surface area contributed by atoms with Gasteiger partial charge in [0, 0.05) is 12.4 Å². The highest BCUT2D eigenvalue weighted by Crippen LogP contribution is 2.29. The highest BCUT2D eigenvalue weighted by molar-refractivity contribution is 7.22. The Balaban J connectivity index is 1.49. The lowest BCUT2D eigenvalue weighted by atomic mass is 10.1. The van der Waals surface area contributed by atoms with Gasteiger partial charge in [-0.25, -0.2) is 9.78 Å². The van der Waals surface area contributed by atoms with Crippen LogP contribution in [-0.4, -0.2) is 39.5 Å². The lowest BCUT2D eigenvalue weighted by Gasteiger charge is -2.15. The number of aromatic nitrogens is 3. The highest BCUT2D eigenvalue weighted by atomic mass is 32.1. The number of benzene rings is 2. The van der Waals surface area contributed by atoms with Gasteiger partial charge < -0.3 is 9.47 Å². The fourth-order valence-corrected chi connectivity index (χ4v) is 3.97. The monoisotopic (exact) mass is 436 g/mol. The Kier molecular flexibility index (Phi) is 6.03. The Labute approximate surface area is 182 Å². The number of hydrogen-bond donors (Lipinski definition) is 1. The summed E-state index contributed by atoms with van der Waals surface area (Å²) in [5, 5.41) is 3.18. The summed E-state index contributed by atoms with van der Waals surface area (Å²) >= 11 is 1.33. The second kappa shape index (κ2) is 9.05. The third-order valence-corrected chi connectivity index (χ3v) is 5.47. The summed E-state index contributed by atoms with van der Waals surface area (Å²) < 4.78 is 11.9. The first-order chi connectivity index (χ1) is 15.1. The molecule has 1 N–H and O–H groups in total. The van der Waals surface area contributed by atoms with E-state index >= 15 is 0 Å². The van der Waals surface area contributed by atoms with E-state index in [1.54, 1.807) is 31.3 Å². The van der Waals surface area contributed by atoms with Gasteiger partial charge in [-0.15, -0.1) is 0 Å². The molecule has 9 heteroatoms. The normalized spacial score (nSPS) is 11.9. The van der Waals surface area contributed by atoms with Crippen molar-refractivity contribution in [3.8, 4) is 5.75 Å². The molecule has 0 radical (unpaired) electrons. The van der Waals surface area contributed by atoms with Crippen molar-refractivity contribution in [1.29, 1.82) is 0 Å². The van der Waals surface area contributed by atoms with Gasteiger partial charge in [-0.3, -0.25) is 20.1 Å². The largest absolute Gasteiger partial charge is 0.494 e. The second-order valence-electron chi connectivity index (χ2n) is 6.60. The predicted molar refractivity (Wildman–Crippen MR) is 118 cm³/mol. The minimum absolute atomic E-state index is 0.264. The Morgan fingerprint density at radius 2 is 1.94 bits per heavy atom. The van der Waals surface area contributed by atoms with Crippen LogP contribution in [0.4, 0.5) is 5.13 Å². The molecule has 2 heterocycles. The van der Waals surface area contributed by atoms with E-state index in [1.165, 1.54) is 17.5 Å². The third kappa shape index (κ3) is 4.46. The van der Waals surface area contributed by atoms with Crippen LogP contribution >= 0.6 is 11.3 Å². The molecule has 0 bridgehead atoms. The molecule has 2 aromatic heterocycles. The second-order valence-corrected chi connectivity index (χ2v) is 7.63. The fraction of sp³-hybridized carbons (Fsp3) is 0.227. The number of esters is 1. The third-order valence-electron chi connectivity index (χ3n) is 4.53. The zero-order valence-corrected chi connectivity index (χ0v) is 17.8. The van der Waals surface area contributed by atoms with E-state index in [1.807, 2.05) is 25.1 Å². The van der Waals surface area contributed by atoms with Crippen LogP contribution in [0.2, 0.25) is 0 Å². The Bertz CT molecular complexity index is 1250. The summed E-state index contributed by atoms with van der Waals surface area (Å²) in [7, 11) is 0. The van der Waals surface area contributed by atoms with Crippen LogP contribution < -0.4 is 10.1 Å². The average molecular weight is 436 g/mol. The van der Waals surface area contributed by atoms with E-state index in [0.717, 1.165) is 16.0 Å². The van der Waals surface area contributed by atoms with E-state index in [-0.39, 0.29) is 5.56 Å². The summed E-state index contributed by atoms with van der Waals surface area (Å²) in [6.45, 7) is 4.26. The molecule has 8 nitrogen and oxygen atoms in total. The minimum atomic E-state index is -0.967. The van der Waals surface area contributed by atoms with Crippen LogP contribution in [0.15, 0.2) is 48.8 Å². The topological polar surface area (TPSA) is 103 Å². The molecule has 0 saturated carbocycles. The summed E-state index contributed by atoms with van der Waals surface area (Å²) in [6.07, 6.45) is 2.40. The predicted octanol–water partition coefficient (Wildman–Crippen LogP) is 4.21. The number of ether oxygens (including phenoxy) is 2. The molecule has 2 aromatic carbocycles. The van der Waals surface area contributed by atoms with Crippen molar-refractivity contribution in [1.82, 2.24) is 15.0 Å². The van der Waals surface area contributed by atoms with Gasteiger partial charge in [0.25, 0.3) is 5.91 Å². The number of carbonyl (C=O) groups is 2. The average Bonchev–Trinajstić information content (AvgIpc) is 3.18. The number of para-hydroxylation sites is 1. The SMILES string of the molecule is CCOc1ccc2nc(NC(=O)C(CC)OC(=O)c3cccc4nccnc34)sc2c1. The number of amides is 1. The molecule has 4 aromatic rings. The van der Waals surface area contributed by atoms with Crippen molar-refractivity contribution in [2.45, 2.75) is 26.4 Å². The van der Waals surface area contributed by atoms with Crippen molar-refractivity contribution in [3.05, 3.63) is 54.4 Å². The Morgan fingerprint density at radius 3 is 2.74 bits per heavy atom. The molecule has 4 rings (SSSR count). The Hall–Kier alpha value is -3.59. The van der Waals surface area contributed by atoms with Crippen LogP contribution in [0, 0.1) is 0 Å². The summed E-state index contributed by atoms with van der Waals surface area (Å²) in [6, 6.07) is 10.6. The van der Waals surface area contributed by atoms with Crippen molar-refractivity contribution in [2.24, 2.45) is 0 Å². The van der Waals surface area contributed by atoms with E-state index < -0.39 is 18.0 Å². The first kappa shape index (κ1) is 20.7. The van der Waals surface area contributed by atoms with Crippen molar-refractivity contribution < 1.29 is 19.1 Å². The number of nitrogens with zero attached hydrogens (tertiary/aromatic N) is 3. The highest BCUT2D eigenvalue weighted by Gasteiger charge is 2.24. The standard InChI is InChI=1S/C22H20N4O4S/c1-3-17(30-21(28)14-6-5-7-16-19(14)24-11-10-23-16)20(27)26-22-25-15-9-8-13(29-4-2)12-18(15)31-22/h5-12,17H,3-4H2,1-2H3,(H,25,26,27). The van der Waals surface area contributed by atoms with Gasteiger partial charge in [0.05, 0.1) is 27.9 Å². The molecule has 1 amide bonds. The summed E-state index contributed by atoms with van der Waals surface area (Å²) in [5.74, 6) is -0.319. The molecule has 0 aliphatic heterocycles. The van der Waals surface area contributed by atoms with E-state index in [9.17, 15) is 9.59 Å². The van der Waals surface area contributed by atoms with Crippen LogP contribution in [0.3, 0.4) is 0 Å². The first-order valence-corrected chi connectivity index (χ1v) is 10.7.